The molecule has 6 heteroatoms. The van der Waals surface area contributed by atoms with Crippen molar-refractivity contribution in [3.63, 3.8) is 0 Å². The molecule has 1 unspecified atom stereocenters. The second kappa shape index (κ2) is 5.85. The van der Waals surface area contributed by atoms with Gasteiger partial charge in [0.2, 0.25) is 5.91 Å². The second-order valence-electron chi connectivity index (χ2n) is 5.30. The molecule has 23 heavy (non-hydrogen) atoms. The van der Waals surface area contributed by atoms with E-state index in [0.29, 0.717) is 10.7 Å². The molecule has 5 nitrogen and oxygen atoms in total. The minimum absolute atomic E-state index is 0.0125. The normalized spacial score (nSPS) is 16.7. The van der Waals surface area contributed by atoms with Crippen LogP contribution in [0.5, 0.6) is 0 Å². The number of carbonyl (C=O) groups excluding carboxylic acids is 2. The molecule has 2 aromatic rings. The first kappa shape index (κ1) is 15.2. The Morgan fingerprint density at radius 3 is 2.48 bits per heavy atom. The maximum Gasteiger partial charge on any atom is 0.335 e. The summed E-state index contributed by atoms with van der Waals surface area (Å²) in [5.74, 6) is -2.76. The number of nitrogens with one attached hydrogen (secondary N) is 1. The van der Waals surface area contributed by atoms with Crippen molar-refractivity contribution in [1.29, 1.82) is 0 Å². The van der Waals surface area contributed by atoms with Crippen molar-refractivity contribution in [2.24, 2.45) is 5.92 Å². The minimum atomic E-state index is -1.12. The van der Waals surface area contributed by atoms with Crippen LogP contribution < -0.4 is 5.32 Å². The summed E-state index contributed by atoms with van der Waals surface area (Å²) < 4.78 is 0. The summed E-state index contributed by atoms with van der Waals surface area (Å²) in [5, 5.41) is 12.3. The lowest BCUT2D eigenvalue weighted by Crippen LogP contribution is -2.36. The second-order valence-corrected chi connectivity index (χ2v) is 5.74. The number of anilines is 1. The molecular formula is C17H12ClNO4. The van der Waals surface area contributed by atoms with Gasteiger partial charge < -0.3 is 10.4 Å². The SMILES string of the molecule is O=C(O)c1ccc2c(c1)C(=O)C(Cc1ccc(Cl)cc1)C(=O)N2. The zero-order valence-electron chi connectivity index (χ0n) is 11.9. The van der Waals surface area contributed by atoms with E-state index in [0.717, 1.165) is 5.56 Å². The standard InChI is InChI=1S/C17H12ClNO4/c18-11-4-1-9(2-5-11)7-13-15(20)12-8-10(17(22)23)3-6-14(12)19-16(13)21/h1-6,8,13H,7H2,(H,19,21)(H,22,23). The molecule has 0 aliphatic carbocycles. The zero-order valence-corrected chi connectivity index (χ0v) is 12.6. The molecular weight excluding hydrogens is 318 g/mol. The van der Waals surface area contributed by atoms with Crippen LogP contribution in [0.2, 0.25) is 5.02 Å². The van der Waals surface area contributed by atoms with E-state index in [-0.39, 0.29) is 29.2 Å². The van der Waals surface area contributed by atoms with Crippen molar-refractivity contribution in [3.8, 4) is 0 Å². The molecule has 0 spiro atoms. The third-order valence-electron chi connectivity index (χ3n) is 3.78. The largest absolute Gasteiger partial charge is 0.478 e. The van der Waals surface area contributed by atoms with Crippen LogP contribution in [0.25, 0.3) is 0 Å². The van der Waals surface area contributed by atoms with Gasteiger partial charge in [-0.15, -0.1) is 0 Å². The molecule has 0 fully saturated rings. The Bertz CT molecular complexity index is 814. The number of ketones is 1. The number of fused-ring (bicyclic) bond motifs is 1. The van der Waals surface area contributed by atoms with Crippen molar-refractivity contribution in [2.45, 2.75) is 6.42 Å². The van der Waals surface area contributed by atoms with Gasteiger partial charge >= 0.3 is 5.97 Å². The van der Waals surface area contributed by atoms with Gasteiger partial charge in [0.15, 0.2) is 5.78 Å². The number of Topliss-reactive ketones (excluding diaryl/α,β-unsaturated/α-hetero) is 1. The highest BCUT2D eigenvalue weighted by atomic mass is 35.5. The van der Waals surface area contributed by atoms with E-state index in [1.165, 1.54) is 18.2 Å². The van der Waals surface area contributed by atoms with Crippen LogP contribution in [-0.4, -0.2) is 22.8 Å². The quantitative estimate of drug-likeness (QED) is 0.848. The van der Waals surface area contributed by atoms with Gasteiger partial charge in [-0.3, -0.25) is 9.59 Å². The van der Waals surface area contributed by atoms with Crippen LogP contribution in [-0.2, 0) is 11.2 Å². The molecule has 0 saturated carbocycles. The van der Waals surface area contributed by atoms with Gasteiger partial charge in [-0.25, -0.2) is 4.79 Å². The lowest BCUT2D eigenvalue weighted by Gasteiger charge is -2.23. The van der Waals surface area contributed by atoms with Crippen LogP contribution in [0.1, 0.15) is 26.3 Å². The highest BCUT2D eigenvalue weighted by Gasteiger charge is 2.34. The molecule has 2 N–H and O–H groups in total. The number of amides is 1. The Morgan fingerprint density at radius 1 is 1.13 bits per heavy atom. The van der Waals surface area contributed by atoms with Crippen LogP contribution in [0.15, 0.2) is 42.5 Å². The number of carbonyl (C=O) groups is 3. The smallest absolute Gasteiger partial charge is 0.335 e. The Hall–Kier alpha value is -2.66. The molecule has 1 atom stereocenters. The lowest BCUT2D eigenvalue weighted by atomic mass is 9.86. The molecule has 0 aromatic heterocycles. The van der Waals surface area contributed by atoms with Gasteiger partial charge in [-0.05, 0) is 42.3 Å². The number of aromatic carboxylic acids is 1. The first-order chi connectivity index (χ1) is 11.0. The summed E-state index contributed by atoms with van der Waals surface area (Å²) in [5.41, 5.74) is 1.39. The Balaban J connectivity index is 1.93. The van der Waals surface area contributed by atoms with E-state index in [1.807, 2.05) is 0 Å². The third-order valence-corrected chi connectivity index (χ3v) is 4.03. The predicted octanol–water partition coefficient (Wildman–Crippen LogP) is 3.03. The number of benzene rings is 2. The van der Waals surface area contributed by atoms with Gasteiger partial charge in [0.25, 0.3) is 0 Å². The molecule has 1 aliphatic heterocycles. The number of carboxylic acids is 1. The van der Waals surface area contributed by atoms with Gasteiger partial charge in [0.1, 0.15) is 5.92 Å². The summed E-state index contributed by atoms with van der Waals surface area (Å²) in [7, 11) is 0. The first-order valence-electron chi connectivity index (χ1n) is 6.92. The first-order valence-corrected chi connectivity index (χ1v) is 7.30. The summed E-state index contributed by atoms with van der Waals surface area (Å²) in [4.78, 5) is 35.8. The van der Waals surface area contributed by atoms with Crippen LogP contribution >= 0.6 is 11.6 Å². The highest BCUT2D eigenvalue weighted by Crippen LogP contribution is 2.28. The summed E-state index contributed by atoms with van der Waals surface area (Å²) in [6, 6.07) is 11.0. The molecule has 0 saturated heterocycles. The van der Waals surface area contributed by atoms with Crippen LogP contribution in [0.3, 0.4) is 0 Å². The Morgan fingerprint density at radius 2 is 1.83 bits per heavy atom. The van der Waals surface area contributed by atoms with Crippen molar-refractivity contribution in [2.75, 3.05) is 5.32 Å². The fourth-order valence-electron chi connectivity index (χ4n) is 2.56. The van der Waals surface area contributed by atoms with E-state index in [9.17, 15) is 14.4 Å². The van der Waals surface area contributed by atoms with E-state index in [1.54, 1.807) is 24.3 Å². The molecule has 0 radical (unpaired) electrons. The molecule has 3 rings (SSSR count). The lowest BCUT2D eigenvalue weighted by molar-refractivity contribution is -0.118. The molecule has 1 amide bonds. The monoisotopic (exact) mass is 329 g/mol. The zero-order chi connectivity index (χ0) is 16.6. The van der Waals surface area contributed by atoms with Gasteiger partial charge in [0, 0.05) is 10.6 Å². The average molecular weight is 330 g/mol. The van der Waals surface area contributed by atoms with E-state index < -0.39 is 11.9 Å². The fourth-order valence-corrected chi connectivity index (χ4v) is 2.68. The van der Waals surface area contributed by atoms with E-state index in [4.69, 9.17) is 16.7 Å². The van der Waals surface area contributed by atoms with Gasteiger partial charge in [-0.1, -0.05) is 23.7 Å². The molecule has 1 heterocycles. The van der Waals surface area contributed by atoms with E-state index >= 15 is 0 Å². The minimum Gasteiger partial charge on any atom is -0.478 e. The molecule has 1 aliphatic rings. The van der Waals surface area contributed by atoms with Gasteiger partial charge in [0.05, 0.1) is 11.3 Å². The van der Waals surface area contributed by atoms with Crippen molar-refractivity contribution in [1.82, 2.24) is 0 Å². The predicted molar refractivity (Wildman–Crippen MR) is 85.0 cm³/mol. The van der Waals surface area contributed by atoms with Crippen molar-refractivity contribution >= 4 is 34.9 Å². The van der Waals surface area contributed by atoms with E-state index in [2.05, 4.69) is 5.32 Å². The average Bonchev–Trinajstić information content (AvgIpc) is 2.53. The summed E-state index contributed by atoms with van der Waals surface area (Å²) >= 11 is 5.82. The third kappa shape index (κ3) is 2.96. The van der Waals surface area contributed by atoms with Crippen molar-refractivity contribution < 1.29 is 19.5 Å². The Kier molecular flexibility index (Phi) is 3.88. The van der Waals surface area contributed by atoms with Crippen LogP contribution in [0.4, 0.5) is 5.69 Å². The molecule has 116 valence electrons. The number of hydrogen-bond acceptors (Lipinski definition) is 3. The molecule has 0 bridgehead atoms. The van der Waals surface area contributed by atoms with Gasteiger partial charge in [-0.2, -0.15) is 0 Å². The molecule has 2 aromatic carbocycles. The fraction of sp³-hybridized carbons (Fsp3) is 0.118. The number of rotatable bonds is 3. The summed E-state index contributed by atoms with van der Waals surface area (Å²) in [6.45, 7) is 0. The number of hydrogen-bond donors (Lipinski definition) is 2. The summed E-state index contributed by atoms with van der Waals surface area (Å²) in [6.07, 6.45) is 0.235. The number of carboxylic acid groups (broad SMARTS) is 1. The van der Waals surface area contributed by atoms with Crippen LogP contribution in [0, 0.1) is 5.92 Å². The van der Waals surface area contributed by atoms with Crippen molar-refractivity contribution in [3.05, 3.63) is 64.2 Å². The maximum absolute atomic E-state index is 12.6. The number of halogens is 1. The topological polar surface area (TPSA) is 83.5 Å². The Labute approximate surface area is 136 Å². The maximum atomic E-state index is 12.6. The highest BCUT2D eigenvalue weighted by molar-refractivity contribution is 6.30.